The fourth-order valence-corrected chi connectivity index (χ4v) is 3.89. The number of carbonyl (C=O) groups is 1. The third kappa shape index (κ3) is 4.23. The molecule has 0 spiro atoms. The van der Waals surface area contributed by atoms with Crippen molar-refractivity contribution in [2.45, 2.75) is 13.3 Å². The fourth-order valence-electron chi connectivity index (χ4n) is 3.89. The van der Waals surface area contributed by atoms with Crippen LogP contribution in [-0.2, 0) is 16.0 Å². The van der Waals surface area contributed by atoms with Crippen molar-refractivity contribution in [3.8, 4) is 33.6 Å². The molecular weight excluding hydrogens is 412 g/mol. The van der Waals surface area contributed by atoms with Crippen LogP contribution in [0.3, 0.4) is 0 Å². The maximum Gasteiger partial charge on any atom is 0.309 e. The Bertz CT molecular complexity index is 1460. The van der Waals surface area contributed by atoms with Crippen molar-refractivity contribution in [1.29, 1.82) is 0 Å². The van der Waals surface area contributed by atoms with Gasteiger partial charge in [-0.1, -0.05) is 30.3 Å². The van der Waals surface area contributed by atoms with Crippen LogP contribution in [0.5, 0.6) is 0 Å². The smallest absolute Gasteiger partial charge is 0.309 e. The van der Waals surface area contributed by atoms with E-state index in [0.29, 0.717) is 0 Å². The molecule has 6 nitrogen and oxygen atoms in total. The highest BCUT2D eigenvalue weighted by molar-refractivity contribution is 5.95. The molecule has 0 radical (unpaired) electrons. The maximum absolute atomic E-state index is 11.5. The number of ether oxygens (including phenoxy) is 1. The molecule has 1 aromatic carbocycles. The first-order valence-corrected chi connectivity index (χ1v) is 10.6. The predicted octanol–water partition coefficient (Wildman–Crippen LogP) is 5.38. The average Bonchev–Trinajstić information content (AvgIpc) is 3.33. The topological polar surface area (TPSA) is 80.8 Å². The summed E-state index contributed by atoms with van der Waals surface area (Å²) in [6.07, 6.45) is 5.86. The molecule has 162 valence electrons. The van der Waals surface area contributed by atoms with Gasteiger partial charge in [0.1, 0.15) is 5.65 Å². The number of nitrogens with one attached hydrogen (secondary N) is 1. The van der Waals surface area contributed by atoms with E-state index < -0.39 is 0 Å². The molecule has 0 fully saturated rings. The molecule has 6 heteroatoms. The standard InChI is InChI=1S/C27H22N4O2/c1-17-4-3-5-24(30-17)25-14-23(22-10-11-29-27(22)31-25)21-13-20(15-28-16-21)19-8-6-18(7-9-19)12-26(32)33-2/h3-11,13-16H,12H2,1-2H3,(H,29,31). The molecule has 0 bridgehead atoms. The zero-order valence-corrected chi connectivity index (χ0v) is 18.4. The number of H-pyrrole nitrogens is 1. The van der Waals surface area contributed by atoms with Gasteiger partial charge in [-0.15, -0.1) is 0 Å². The quantitative estimate of drug-likeness (QED) is 0.376. The number of hydrogen-bond donors (Lipinski definition) is 1. The predicted molar refractivity (Wildman–Crippen MR) is 128 cm³/mol. The van der Waals surface area contributed by atoms with Crippen LogP contribution in [0.15, 0.2) is 79.3 Å². The van der Waals surface area contributed by atoms with Crippen LogP contribution in [0.25, 0.3) is 44.7 Å². The SMILES string of the molecule is COC(=O)Cc1ccc(-c2cncc(-c3cc(-c4cccc(C)n4)nc4[nH]ccc34)c2)cc1. The maximum atomic E-state index is 11.5. The van der Waals surface area contributed by atoms with Gasteiger partial charge in [-0.2, -0.15) is 0 Å². The second-order valence-electron chi connectivity index (χ2n) is 7.87. The van der Waals surface area contributed by atoms with Gasteiger partial charge < -0.3 is 9.72 Å². The number of esters is 1. The van der Waals surface area contributed by atoms with E-state index in [-0.39, 0.29) is 12.4 Å². The van der Waals surface area contributed by atoms with Gasteiger partial charge in [0.25, 0.3) is 0 Å². The van der Waals surface area contributed by atoms with Crippen LogP contribution in [0.2, 0.25) is 0 Å². The summed E-state index contributed by atoms with van der Waals surface area (Å²) in [5.41, 5.74) is 8.35. The highest BCUT2D eigenvalue weighted by atomic mass is 16.5. The van der Waals surface area contributed by atoms with Gasteiger partial charge in [0.15, 0.2) is 0 Å². The largest absolute Gasteiger partial charge is 0.469 e. The Kier molecular flexibility index (Phi) is 5.40. The lowest BCUT2D eigenvalue weighted by Crippen LogP contribution is -2.04. The monoisotopic (exact) mass is 434 g/mol. The van der Waals surface area contributed by atoms with Gasteiger partial charge in [0.05, 0.1) is 24.9 Å². The molecule has 5 aromatic rings. The molecular formula is C27H22N4O2. The molecule has 0 aliphatic heterocycles. The van der Waals surface area contributed by atoms with Crippen LogP contribution in [0, 0.1) is 6.92 Å². The van der Waals surface area contributed by atoms with Crippen molar-refractivity contribution in [1.82, 2.24) is 19.9 Å². The summed E-state index contributed by atoms with van der Waals surface area (Å²) in [4.78, 5) is 28.7. The first kappa shape index (κ1) is 20.6. The number of methoxy groups -OCH3 is 1. The van der Waals surface area contributed by atoms with Crippen molar-refractivity contribution in [2.24, 2.45) is 0 Å². The minimum atomic E-state index is -0.251. The lowest BCUT2D eigenvalue weighted by atomic mass is 9.99. The van der Waals surface area contributed by atoms with Crippen molar-refractivity contribution in [2.75, 3.05) is 7.11 Å². The number of nitrogens with zero attached hydrogens (tertiary/aromatic N) is 3. The highest BCUT2D eigenvalue weighted by Crippen LogP contribution is 2.33. The average molecular weight is 434 g/mol. The van der Waals surface area contributed by atoms with Crippen molar-refractivity contribution < 1.29 is 9.53 Å². The Balaban J connectivity index is 1.55. The lowest BCUT2D eigenvalue weighted by Gasteiger charge is -2.10. The Morgan fingerprint density at radius 1 is 0.909 bits per heavy atom. The van der Waals surface area contributed by atoms with Gasteiger partial charge in [-0.05, 0) is 53.9 Å². The number of carbonyl (C=O) groups excluding carboxylic acids is 1. The Morgan fingerprint density at radius 3 is 2.52 bits per heavy atom. The molecule has 0 unspecified atom stereocenters. The number of aromatic amines is 1. The highest BCUT2D eigenvalue weighted by Gasteiger charge is 2.13. The summed E-state index contributed by atoms with van der Waals surface area (Å²) in [6, 6.07) is 20.0. The third-order valence-corrected chi connectivity index (χ3v) is 5.59. The van der Waals surface area contributed by atoms with E-state index in [0.717, 1.165) is 55.9 Å². The second kappa shape index (κ2) is 8.67. The van der Waals surface area contributed by atoms with E-state index in [1.54, 1.807) is 0 Å². The van der Waals surface area contributed by atoms with Crippen LogP contribution in [0.4, 0.5) is 0 Å². The summed E-state index contributed by atoms with van der Waals surface area (Å²) in [7, 11) is 1.40. The molecule has 1 N–H and O–H groups in total. The molecule has 0 atom stereocenters. The van der Waals surface area contributed by atoms with E-state index in [2.05, 4.69) is 27.1 Å². The van der Waals surface area contributed by atoms with Crippen molar-refractivity contribution in [3.63, 3.8) is 0 Å². The first-order valence-electron chi connectivity index (χ1n) is 10.6. The molecule has 5 rings (SSSR count). The summed E-state index contributed by atoms with van der Waals surface area (Å²) < 4.78 is 4.75. The van der Waals surface area contributed by atoms with Gasteiger partial charge in [0, 0.05) is 40.8 Å². The third-order valence-electron chi connectivity index (χ3n) is 5.59. The van der Waals surface area contributed by atoms with E-state index in [9.17, 15) is 4.79 Å². The number of rotatable bonds is 5. The summed E-state index contributed by atoms with van der Waals surface area (Å²) in [5, 5.41) is 1.03. The normalized spacial score (nSPS) is 11.0. The summed E-state index contributed by atoms with van der Waals surface area (Å²) in [6.45, 7) is 1.97. The van der Waals surface area contributed by atoms with E-state index in [1.807, 2.05) is 74.0 Å². The number of pyridine rings is 3. The van der Waals surface area contributed by atoms with Crippen molar-refractivity contribution >= 4 is 17.0 Å². The van der Waals surface area contributed by atoms with E-state index in [4.69, 9.17) is 9.72 Å². The summed E-state index contributed by atoms with van der Waals surface area (Å²) in [5.74, 6) is -0.251. The molecule has 0 amide bonds. The summed E-state index contributed by atoms with van der Waals surface area (Å²) >= 11 is 0. The van der Waals surface area contributed by atoms with E-state index >= 15 is 0 Å². The molecule has 0 aliphatic rings. The Morgan fingerprint density at radius 2 is 1.73 bits per heavy atom. The molecule has 4 aromatic heterocycles. The number of aryl methyl sites for hydroxylation is 1. The molecule has 0 aliphatic carbocycles. The minimum absolute atomic E-state index is 0.251. The number of benzene rings is 1. The van der Waals surface area contributed by atoms with E-state index in [1.165, 1.54) is 7.11 Å². The number of aromatic nitrogens is 4. The van der Waals surface area contributed by atoms with Crippen LogP contribution in [-0.4, -0.2) is 33.0 Å². The fraction of sp³-hybridized carbons (Fsp3) is 0.111. The molecule has 4 heterocycles. The minimum Gasteiger partial charge on any atom is -0.469 e. The van der Waals surface area contributed by atoms with Gasteiger partial charge >= 0.3 is 5.97 Å². The second-order valence-corrected chi connectivity index (χ2v) is 7.87. The number of hydrogen-bond acceptors (Lipinski definition) is 5. The molecule has 33 heavy (non-hydrogen) atoms. The lowest BCUT2D eigenvalue weighted by molar-refractivity contribution is -0.139. The van der Waals surface area contributed by atoms with Gasteiger partial charge in [-0.25, -0.2) is 4.98 Å². The van der Waals surface area contributed by atoms with Crippen LogP contribution < -0.4 is 0 Å². The Labute approximate surface area is 191 Å². The zero-order valence-electron chi connectivity index (χ0n) is 18.4. The zero-order chi connectivity index (χ0) is 22.8. The number of fused-ring (bicyclic) bond motifs is 1. The van der Waals surface area contributed by atoms with Crippen LogP contribution >= 0.6 is 0 Å². The van der Waals surface area contributed by atoms with Gasteiger partial charge in [0.2, 0.25) is 0 Å². The van der Waals surface area contributed by atoms with Gasteiger partial charge in [-0.3, -0.25) is 14.8 Å². The molecule has 0 saturated carbocycles. The molecule has 0 saturated heterocycles. The Hall–Kier alpha value is -4.32. The van der Waals surface area contributed by atoms with Crippen molar-refractivity contribution in [3.05, 3.63) is 90.5 Å². The van der Waals surface area contributed by atoms with Crippen LogP contribution in [0.1, 0.15) is 11.3 Å². The first-order chi connectivity index (χ1) is 16.1.